The second-order valence-electron chi connectivity index (χ2n) is 9.67. The zero-order valence-electron chi connectivity index (χ0n) is 21.9. The van der Waals surface area contributed by atoms with E-state index >= 15 is 0 Å². The summed E-state index contributed by atoms with van der Waals surface area (Å²) in [5.74, 6) is 1.33. The molecule has 9 nitrogen and oxygen atoms in total. The molecular formula is C28H35ClFN5O4. The Kier molecular flexibility index (Phi) is 10.0. The molecule has 39 heavy (non-hydrogen) atoms. The smallest absolute Gasteiger partial charge is 0.163 e. The lowest BCUT2D eigenvalue weighted by Gasteiger charge is -2.24. The number of fused-ring (bicyclic) bond motifs is 1. The largest absolute Gasteiger partial charge is 0.490 e. The minimum absolute atomic E-state index is 0.0321. The van der Waals surface area contributed by atoms with Gasteiger partial charge in [0.2, 0.25) is 0 Å². The van der Waals surface area contributed by atoms with E-state index in [1.54, 1.807) is 6.07 Å². The lowest BCUT2D eigenvalue weighted by atomic mass is 10.1. The number of morpholine rings is 2. The summed E-state index contributed by atoms with van der Waals surface area (Å²) < 4.78 is 37.7. The highest BCUT2D eigenvalue weighted by Crippen LogP contribution is 2.35. The van der Waals surface area contributed by atoms with E-state index in [1.165, 1.54) is 18.5 Å². The molecule has 2 atom stereocenters. The number of rotatable bonds is 12. The molecule has 2 aromatic carbocycles. The van der Waals surface area contributed by atoms with Crippen LogP contribution in [-0.2, 0) is 9.47 Å². The van der Waals surface area contributed by atoms with E-state index in [9.17, 15) is 4.39 Å². The molecule has 2 unspecified atom stereocenters. The Balaban J connectivity index is 1.29. The van der Waals surface area contributed by atoms with E-state index in [2.05, 4.69) is 25.9 Å². The fourth-order valence-electron chi connectivity index (χ4n) is 4.70. The number of nitrogens with one attached hydrogen (secondary N) is 3. The van der Waals surface area contributed by atoms with Crippen molar-refractivity contribution >= 4 is 34.0 Å². The van der Waals surface area contributed by atoms with Crippen LogP contribution in [-0.4, -0.2) is 74.8 Å². The molecule has 11 heteroatoms. The Labute approximate surface area is 232 Å². The molecule has 2 aliphatic heterocycles. The standard InChI is InChI=1S/C28H35ClFN5O4/c29-23-13-19(5-6-24(23)30)35-28-22-14-26(38-9-1-3-20-16-31-7-11-36-20)27(15-25(22)33-18-34-28)39-10-2-4-21-17-32-8-12-37-21/h5-6,13-15,18,20-21,31-32H,1-4,7-12,16-17H2,(H,33,34,35). The van der Waals surface area contributed by atoms with Gasteiger partial charge in [0.05, 0.1) is 49.2 Å². The second-order valence-corrected chi connectivity index (χ2v) is 10.1. The quantitative estimate of drug-likeness (QED) is 0.278. The van der Waals surface area contributed by atoms with Crippen molar-refractivity contribution in [3.05, 3.63) is 47.5 Å². The summed E-state index contributed by atoms with van der Waals surface area (Å²) in [6.07, 6.45) is 5.44. The molecule has 1 aromatic heterocycles. The molecule has 3 heterocycles. The summed E-state index contributed by atoms with van der Waals surface area (Å²) in [5, 5.41) is 10.7. The van der Waals surface area contributed by atoms with Crippen LogP contribution in [0.15, 0.2) is 36.7 Å². The maximum Gasteiger partial charge on any atom is 0.163 e. The summed E-state index contributed by atoms with van der Waals surface area (Å²) in [6, 6.07) is 8.21. The summed E-state index contributed by atoms with van der Waals surface area (Å²) in [4.78, 5) is 8.86. The number of halogens is 2. The highest BCUT2D eigenvalue weighted by molar-refractivity contribution is 6.31. The molecule has 3 aromatic rings. The van der Waals surface area contributed by atoms with Crippen molar-refractivity contribution in [3.8, 4) is 11.5 Å². The first-order valence-corrected chi connectivity index (χ1v) is 13.9. The first-order chi connectivity index (χ1) is 19.2. The average molecular weight is 560 g/mol. The maximum atomic E-state index is 13.7. The SMILES string of the molecule is Fc1ccc(Nc2ncnc3cc(OCCCC4CNCCO4)c(OCCCC4CNCCO4)cc23)cc1Cl. The summed E-state index contributed by atoms with van der Waals surface area (Å²) in [6.45, 7) is 6.08. The second kappa shape index (κ2) is 14.0. The molecule has 2 fully saturated rings. The predicted molar refractivity (Wildman–Crippen MR) is 149 cm³/mol. The Morgan fingerprint density at radius 3 is 2.21 bits per heavy atom. The zero-order valence-corrected chi connectivity index (χ0v) is 22.6. The number of anilines is 2. The van der Waals surface area contributed by atoms with Crippen LogP contribution in [0.25, 0.3) is 10.9 Å². The van der Waals surface area contributed by atoms with Gasteiger partial charge in [0.1, 0.15) is 18.0 Å². The predicted octanol–water partition coefficient (Wildman–Crippen LogP) is 4.46. The molecule has 0 spiro atoms. The minimum Gasteiger partial charge on any atom is -0.490 e. The van der Waals surface area contributed by atoms with E-state index in [1.807, 2.05) is 12.1 Å². The van der Waals surface area contributed by atoms with Gasteiger partial charge in [-0.05, 0) is 49.9 Å². The fraction of sp³-hybridized carbons (Fsp3) is 0.500. The maximum absolute atomic E-state index is 13.7. The number of benzene rings is 2. The Bertz CT molecular complexity index is 1220. The number of aromatic nitrogens is 2. The van der Waals surface area contributed by atoms with Crippen molar-refractivity contribution in [2.24, 2.45) is 0 Å². The molecule has 0 aliphatic carbocycles. The highest BCUT2D eigenvalue weighted by atomic mass is 35.5. The molecule has 0 saturated carbocycles. The van der Waals surface area contributed by atoms with Crippen LogP contribution in [0.1, 0.15) is 25.7 Å². The van der Waals surface area contributed by atoms with Gasteiger partial charge in [-0.3, -0.25) is 0 Å². The monoisotopic (exact) mass is 559 g/mol. The van der Waals surface area contributed by atoms with Gasteiger partial charge in [0.15, 0.2) is 11.5 Å². The van der Waals surface area contributed by atoms with E-state index < -0.39 is 5.82 Å². The van der Waals surface area contributed by atoms with Gasteiger partial charge in [0, 0.05) is 43.3 Å². The zero-order chi connectivity index (χ0) is 26.9. The van der Waals surface area contributed by atoms with E-state index in [-0.39, 0.29) is 17.2 Å². The highest BCUT2D eigenvalue weighted by Gasteiger charge is 2.17. The number of ether oxygens (including phenoxy) is 4. The van der Waals surface area contributed by atoms with Crippen molar-refractivity contribution in [2.75, 3.05) is 57.9 Å². The Morgan fingerprint density at radius 2 is 1.59 bits per heavy atom. The molecule has 2 aliphatic rings. The van der Waals surface area contributed by atoms with Crippen LogP contribution >= 0.6 is 11.6 Å². The number of hydrogen-bond acceptors (Lipinski definition) is 9. The molecule has 2 saturated heterocycles. The average Bonchev–Trinajstić information content (AvgIpc) is 2.97. The van der Waals surface area contributed by atoms with Gasteiger partial charge in [0.25, 0.3) is 0 Å². The van der Waals surface area contributed by atoms with Gasteiger partial charge in [-0.2, -0.15) is 0 Å². The Morgan fingerprint density at radius 1 is 0.923 bits per heavy atom. The topological polar surface area (TPSA) is 98.8 Å². The van der Waals surface area contributed by atoms with Crippen molar-refractivity contribution < 1.29 is 23.3 Å². The third-order valence-electron chi connectivity index (χ3n) is 6.75. The van der Waals surface area contributed by atoms with Crippen molar-refractivity contribution in [1.82, 2.24) is 20.6 Å². The molecule has 210 valence electrons. The van der Waals surface area contributed by atoms with Crippen molar-refractivity contribution in [1.29, 1.82) is 0 Å². The first-order valence-electron chi connectivity index (χ1n) is 13.6. The Hall–Kier alpha value is -2.76. The van der Waals surface area contributed by atoms with Crippen LogP contribution in [0, 0.1) is 5.82 Å². The van der Waals surface area contributed by atoms with Gasteiger partial charge < -0.3 is 34.9 Å². The van der Waals surface area contributed by atoms with Crippen molar-refractivity contribution in [3.63, 3.8) is 0 Å². The van der Waals surface area contributed by atoms with Gasteiger partial charge in [-0.15, -0.1) is 0 Å². The molecule has 3 N–H and O–H groups in total. The third-order valence-corrected chi connectivity index (χ3v) is 7.04. The van der Waals surface area contributed by atoms with Crippen LogP contribution in [0.2, 0.25) is 5.02 Å². The van der Waals surface area contributed by atoms with Gasteiger partial charge in [-0.1, -0.05) is 11.6 Å². The van der Waals surface area contributed by atoms with Crippen molar-refractivity contribution in [2.45, 2.75) is 37.9 Å². The third kappa shape index (κ3) is 7.89. The fourth-order valence-corrected chi connectivity index (χ4v) is 4.88. The number of nitrogens with zero attached hydrogens (tertiary/aromatic N) is 2. The normalized spacial score (nSPS) is 19.6. The molecular weight excluding hydrogens is 525 g/mol. The lowest BCUT2D eigenvalue weighted by molar-refractivity contribution is 0.0197. The van der Waals surface area contributed by atoms with Gasteiger partial charge in [-0.25, -0.2) is 14.4 Å². The van der Waals surface area contributed by atoms with Gasteiger partial charge >= 0.3 is 0 Å². The van der Waals surface area contributed by atoms with Crippen LogP contribution in [0.5, 0.6) is 11.5 Å². The number of hydrogen-bond donors (Lipinski definition) is 3. The van der Waals surface area contributed by atoms with Crippen LogP contribution in [0.4, 0.5) is 15.9 Å². The van der Waals surface area contributed by atoms with Crippen LogP contribution < -0.4 is 25.4 Å². The molecule has 0 amide bonds. The molecule has 5 rings (SSSR count). The summed E-state index contributed by atoms with van der Waals surface area (Å²) in [7, 11) is 0. The van der Waals surface area contributed by atoms with E-state index in [0.717, 1.165) is 70.5 Å². The summed E-state index contributed by atoms with van der Waals surface area (Å²) >= 11 is 5.97. The molecule has 0 bridgehead atoms. The van der Waals surface area contributed by atoms with E-state index in [0.29, 0.717) is 41.7 Å². The minimum atomic E-state index is -0.479. The lowest BCUT2D eigenvalue weighted by Crippen LogP contribution is -2.38. The summed E-state index contributed by atoms with van der Waals surface area (Å²) in [5.41, 5.74) is 1.31. The van der Waals surface area contributed by atoms with Crippen LogP contribution in [0.3, 0.4) is 0 Å². The van der Waals surface area contributed by atoms with E-state index in [4.69, 9.17) is 30.5 Å². The molecule has 0 radical (unpaired) electrons. The first kappa shape index (κ1) is 27.8.